The Morgan fingerprint density at radius 2 is 2.06 bits per heavy atom. The third-order valence-electron chi connectivity index (χ3n) is 3.47. The molecular formula is C12H13BrClN3. The summed E-state index contributed by atoms with van der Waals surface area (Å²) in [6.45, 7) is 0. The van der Waals surface area contributed by atoms with E-state index in [1.54, 1.807) is 6.20 Å². The molecule has 3 rings (SSSR count). The van der Waals surface area contributed by atoms with Crippen LogP contribution in [-0.2, 0) is 0 Å². The Balaban J connectivity index is 2.13. The van der Waals surface area contributed by atoms with Crippen LogP contribution in [-0.4, -0.2) is 14.4 Å². The Hall–Kier alpha value is -0.610. The minimum absolute atomic E-state index is 0.508. The van der Waals surface area contributed by atoms with Crippen LogP contribution in [0.5, 0.6) is 0 Å². The first-order valence-corrected chi connectivity index (χ1v) is 7.12. The van der Waals surface area contributed by atoms with Crippen molar-refractivity contribution in [3.8, 4) is 0 Å². The molecule has 0 bridgehead atoms. The third kappa shape index (κ3) is 1.97. The molecule has 1 aliphatic rings. The lowest BCUT2D eigenvalue weighted by Gasteiger charge is -2.20. The first-order chi connectivity index (χ1) is 8.27. The van der Waals surface area contributed by atoms with E-state index in [0.29, 0.717) is 11.1 Å². The quantitative estimate of drug-likeness (QED) is 0.790. The number of nitrogens with zero attached hydrogens (tertiary/aromatic N) is 3. The second-order valence-corrected chi connectivity index (χ2v) is 5.64. The zero-order chi connectivity index (χ0) is 11.8. The SMILES string of the molecule is Clc1nccn2c(C3CCCCC3)nc(Br)c12. The second kappa shape index (κ2) is 4.58. The molecule has 0 spiro atoms. The smallest absolute Gasteiger partial charge is 0.155 e. The highest BCUT2D eigenvalue weighted by Gasteiger charge is 2.22. The van der Waals surface area contributed by atoms with Crippen LogP contribution < -0.4 is 0 Å². The van der Waals surface area contributed by atoms with E-state index < -0.39 is 0 Å². The van der Waals surface area contributed by atoms with Gasteiger partial charge >= 0.3 is 0 Å². The van der Waals surface area contributed by atoms with E-state index in [2.05, 4.69) is 30.3 Å². The van der Waals surface area contributed by atoms with Crippen LogP contribution in [0.2, 0.25) is 5.15 Å². The minimum atomic E-state index is 0.508. The number of aromatic nitrogens is 3. The van der Waals surface area contributed by atoms with Gasteiger partial charge < -0.3 is 0 Å². The molecule has 2 aromatic heterocycles. The summed E-state index contributed by atoms with van der Waals surface area (Å²) in [5.41, 5.74) is 0.884. The van der Waals surface area contributed by atoms with E-state index in [1.165, 1.54) is 32.1 Å². The Morgan fingerprint density at radius 1 is 1.29 bits per heavy atom. The van der Waals surface area contributed by atoms with Crippen molar-refractivity contribution in [2.24, 2.45) is 0 Å². The first-order valence-electron chi connectivity index (χ1n) is 5.95. The summed E-state index contributed by atoms with van der Waals surface area (Å²) < 4.78 is 2.88. The molecule has 0 N–H and O–H groups in total. The van der Waals surface area contributed by atoms with E-state index in [9.17, 15) is 0 Å². The number of halogens is 2. The lowest BCUT2D eigenvalue weighted by atomic mass is 9.89. The van der Waals surface area contributed by atoms with E-state index in [0.717, 1.165) is 15.9 Å². The van der Waals surface area contributed by atoms with Crippen molar-refractivity contribution < 1.29 is 0 Å². The van der Waals surface area contributed by atoms with Gasteiger partial charge in [0.25, 0.3) is 0 Å². The van der Waals surface area contributed by atoms with Gasteiger partial charge in [0, 0.05) is 18.3 Å². The molecule has 17 heavy (non-hydrogen) atoms. The average molecular weight is 315 g/mol. The van der Waals surface area contributed by atoms with Crippen molar-refractivity contribution in [3.63, 3.8) is 0 Å². The standard InChI is InChI=1S/C12H13BrClN3/c13-10-9-11(14)15-6-7-17(9)12(16-10)8-4-2-1-3-5-8/h6-8H,1-5H2. The average Bonchev–Trinajstić information content (AvgIpc) is 2.69. The molecule has 0 aromatic carbocycles. The Labute approximate surface area is 113 Å². The number of hydrogen-bond donors (Lipinski definition) is 0. The maximum Gasteiger partial charge on any atom is 0.155 e. The summed E-state index contributed by atoms with van der Waals surface area (Å²) in [5, 5.41) is 0.508. The monoisotopic (exact) mass is 313 g/mol. The van der Waals surface area contributed by atoms with Crippen molar-refractivity contribution in [2.75, 3.05) is 0 Å². The molecule has 0 saturated heterocycles. The Morgan fingerprint density at radius 3 is 2.82 bits per heavy atom. The largest absolute Gasteiger partial charge is 0.298 e. The van der Waals surface area contributed by atoms with Crippen LogP contribution in [0.4, 0.5) is 0 Å². The van der Waals surface area contributed by atoms with Crippen LogP contribution in [0.1, 0.15) is 43.8 Å². The van der Waals surface area contributed by atoms with Gasteiger partial charge in [0.15, 0.2) is 5.15 Å². The molecule has 3 nitrogen and oxygen atoms in total. The summed E-state index contributed by atoms with van der Waals surface area (Å²) in [4.78, 5) is 8.73. The van der Waals surface area contributed by atoms with Crippen LogP contribution >= 0.6 is 27.5 Å². The minimum Gasteiger partial charge on any atom is -0.298 e. The van der Waals surface area contributed by atoms with Gasteiger partial charge in [-0.3, -0.25) is 4.40 Å². The number of rotatable bonds is 1. The fourth-order valence-corrected chi connectivity index (χ4v) is 3.54. The van der Waals surface area contributed by atoms with Crippen LogP contribution in [0.25, 0.3) is 5.52 Å². The lowest BCUT2D eigenvalue weighted by molar-refractivity contribution is 0.427. The molecule has 2 heterocycles. The van der Waals surface area contributed by atoms with Crippen molar-refractivity contribution in [1.82, 2.24) is 14.4 Å². The maximum atomic E-state index is 6.11. The van der Waals surface area contributed by atoms with Gasteiger partial charge in [-0.1, -0.05) is 30.9 Å². The summed E-state index contributed by atoms with van der Waals surface area (Å²) in [6.07, 6.45) is 10.1. The summed E-state index contributed by atoms with van der Waals surface area (Å²) in [6, 6.07) is 0. The first kappa shape index (κ1) is 11.5. The van der Waals surface area contributed by atoms with Crippen LogP contribution in [0.15, 0.2) is 17.0 Å². The maximum absolute atomic E-state index is 6.11. The highest BCUT2D eigenvalue weighted by Crippen LogP contribution is 2.35. The molecule has 1 aliphatic carbocycles. The van der Waals surface area contributed by atoms with Crippen molar-refractivity contribution in [2.45, 2.75) is 38.0 Å². The zero-order valence-corrected chi connectivity index (χ0v) is 11.7. The normalized spacial score (nSPS) is 17.8. The second-order valence-electron chi connectivity index (χ2n) is 4.53. The van der Waals surface area contributed by atoms with Gasteiger partial charge in [-0.25, -0.2) is 9.97 Å². The van der Waals surface area contributed by atoms with E-state index in [4.69, 9.17) is 11.6 Å². The summed E-state index contributed by atoms with van der Waals surface area (Å²) in [5.74, 6) is 1.68. The number of imidazole rings is 1. The third-order valence-corrected chi connectivity index (χ3v) is 4.29. The summed E-state index contributed by atoms with van der Waals surface area (Å²) >= 11 is 9.59. The molecule has 1 saturated carbocycles. The molecule has 0 aliphatic heterocycles. The van der Waals surface area contributed by atoms with E-state index in [-0.39, 0.29) is 0 Å². The van der Waals surface area contributed by atoms with Gasteiger partial charge in [0.1, 0.15) is 15.9 Å². The van der Waals surface area contributed by atoms with Crippen molar-refractivity contribution in [1.29, 1.82) is 0 Å². The molecular weight excluding hydrogens is 302 g/mol. The highest BCUT2D eigenvalue weighted by molar-refractivity contribution is 9.10. The molecule has 1 fully saturated rings. The lowest BCUT2D eigenvalue weighted by Crippen LogP contribution is -2.08. The fourth-order valence-electron chi connectivity index (χ4n) is 2.63. The van der Waals surface area contributed by atoms with Gasteiger partial charge in [-0.05, 0) is 28.8 Å². The molecule has 0 amide bonds. The molecule has 0 unspecified atom stereocenters. The Bertz CT molecular complexity index is 546. The van der Waals surface area contributed by atoms with Gasteiger partial charge in [0.2, 0.25) is 0 Å². The molecule has 2 aromatic rings. The predicted octanol–water partition coefficient (Wildman–Crippen LogP) is 4.19. The Kier molecular flexibility index (Phi) is 3.09. The highest BCUT2D eigenvalue weighted by atomic mass is 79.9. The topological polar surface area (TPSA) is 30.2 Å². The van der Waals surface area contributed by atoms with Crippen LogP contribution in [0.3, 0.4) is 0 Å². The molecule has 5 heteroatoms. The van der Waals surface area contributed by atoms with E-state index in [1.807, 2.05) is 6.20 Å². The van der Waals surface area contributed by atoms with Gasteiger partial charge in [0.05, 0.1) is 0 Å². The fraction of sp³-hybridized carbons (Fsp3) is 0.500. The molecule has 0 radical (unpaired) electrons. The molecule has 90 valence electrons. The molecule has 0 atom stereocenters. The van der Waals surface area contributed by atoms with E-state index >= 15 is 0 Å². The predicted molar refractivity (Wildman–Crippen MR) is 71.5 cm³/mol. The zero-order valence-electron chi connectivity index (χ0n) is 9.37. The van der Waals surface area contributed by atoms with Crippen molar-refractivity contribution in [3.05, 3.63) is 28.0 Å². The van der Waals surface area contributed by atoms with Gasteiger partial charge in [-0.15, -0.1) is 0 Å². The van der Waals surface area contributed by atoms with Crippen LogP contribution in [0, 0.1) is 0 Å². The summed E-state index contributed by atoms with van der Waals surface area (Å²) in [7, 11) is 0. The number of hydrogen-bond acceptors (Lipinski definition) is 2. The van der Waals surface area contributed by atoms with Gasteiger partial charge in [-0.2, -0.15) is 0 Å². The van der Waals surface area contributed by atoms with Crippen molar-refractivity contribution >= 4 is 33.0 Å². The number of fused-ring (bicyclic) bond motifs is 1.